The molecule has 0 saturated heterocycles. The molecule has 0 atom stereocenters. The number of ether oxygens (including phenoxy) is 2. The van der Waals surface area contributed by atoms with Crippen molar-refractivity contribution < 1.29 is 18.7 Å². The molecule has 1 aromatic carbocycles. The quantitative estimate of drug-likeness (QED) is 0.152. The summed E-state index contributed by atoms with van der Waals surface area (Å²) in [5, 5.41) is 7.99. The minimum Gasteiger partial charge on any atom is -0.457 e. The summed E-state index contributed by atoms with van der Waals surface area (Å²) in [6.45, 7) is 4.77. The summed E-state index contributed by atoms with van der Waals surface area (Å²) in [6, 6.07) is 8.24. The van der Waals surface area contributed by atoms with Crippen LogP contribution in [0, 0.1) is 11.2 Å². The zero-order valence-electron chi connectivity index (χ0n) is 21.8. The number of allylic oxidation sites excluding steroid dienone is 1. The van der Waals surface area contributed by atoms with Crippen LogP contribution >= 0.6 is 11.6 Å². The van der Waals surface area contributed by atoms with Gasteiger partial charge in [0, 0.05) is 37.4 Å². The van der Waals surface area contributed by atoms with Gasteiger partial charge in [0.2, 0.25) is 5.88 Å². The molecule has 4 heterocycles. The molecule has 0 spiro atoms. The van der Waals surface area contributed by atoms with Crippen molar-refractivity contribution in [2.75, 3.05) is 23.7 Å². The molecule has 41 heavy (non-hydrogen) atoms. The summed E-state index contributed by atoms with van der Waals surface area (Å²) < 4.78 is 26.4. The largest absolute Gasteiger partial charge is 0.457 e. The number of hydrogen-bond acceptors (Lipinski definition) is 10. The number of hydrogen-bond donors (Lipinski definition) is 2. The van der Waals surface area contributed by atoms with Crippen molar-refractivity contribution in [1.82, 2.24) is 19.9 Å². The lowest BCUT2D eigenvalue weighted by molar-refractivity contribution is -0.111. The molecular weight excluding hydrogens is 549 g/mol. The van der Waals surface area contributed by atoms with Gasteiger partial charge in [-0.1, -0.05) is 30.3 Å². The highest BCUT2D eigenvalue weighted by Gasteiger charge is 2.23. The van der Waals surface area contributed by atoms with E-state index < -0.39 is 5.82 Å². The van der Waals surface area contributed by atoms with Crippen LogP contribution in [0.15, 0.2) is 67.0 Å². The van der Waals surface area contributed by atoms with Crippen LogP contribution in [0.3, 0.4) is 0 Å². The Morgan fingerprint density at radius 3 is 2.83 bits per heavy atom. The molecule has 3 N–H and O–H groups in total. The molecule has 10 nitrogen and oxygen atoms in total. The van der Waals surface area contributed by atoms with E-state index in [0.717, 1.165) is 12.3 Å². The fourth-order valence-corrected chi connectivity index (χ4v) is 4.60. The van der Waals surface area contributed by atoms with Crippen molar-refractivity contribution in [3.8, 4) is 17.6 Å². The van der Waals surface area contributed by atoms with Gasteiger partial charge in [-0.3, -0.25) is 9.78 Å². The molecule has 0 radical (unpaired) electrons. The zero-order valence-corrected chi connectivity index (χ0v) is 22.6. The van der Waals surface area contributed by atoms with E-state index in [-0.39, 0.29) is 51.8 Å². The van der Waals surface area contributed by atoms with Crippen LogP contribution in [-0.2, 0) is 11.4 Å². The van der Waals surface area contributed by atoms with Gasteiger partial charge in [0.15, 0.2) is 11.5 Å². The van der Waals surface area contributed by atoms with E-state index >= 15 is 0 Å². The lowest BCUT2D eigenvalue weighted by Gasteiger charge is -2.24. The lowest BCUT2D eigenvalue weighted by atomic mass is 10.1. The number of ketones is 1. The molecule has 4 aromatic rings. The lowest BCUT2D eigenvalue weighted by Crippen LogP contribution is -2.26. The second kappa shape index (κ2) is 12.1. The van der Waals surface area contributed by atoms with Gasteiger partial charge in [0.25, 0.3) is 0 Å². The molecule has 1 aliphatic heterocycles. The van der Waals surface area contributed by atoms with E-state index in [9.17, 15) is 9.18 Å². The molecule has 12 heteroatoms. The standard InChI is InChI=1S/C29H25ClFN7O3/c1-2-23(39)17-6-5-12-38(13-9-17)27-19-8-11-35-28(41-26-20(15-32)22(33)14-21(31)24(26)30)25(19)36-29(37-27)40-16-18-7-3-4-10-34-18/h2-4,6-8,10-11,14-15,32H,1,5,9,12-13,16,33H2. The second-order valence-corrected chi connectivity index (χ2v) is 9.40. The van der Waals surface area contributed by atoms with Crippen LogP contribution in [0.2, 0.25) is 5.02 Å². The van der Waals surface area contributed by atoms with E-state index in [0.29, 0.717) is 48.4 Å². The Balaban J connectivity index is 1.59. The summed E-state index contributed by atoms with van der Waals surface area (Å²) in [5.41, 5.74) is 7.62. The molecule has 0 aliphatic carbocycles. The Morgan fingerprint density at radius 2 is 2.07 bits per heavy atom. The van der Waals surface area contributed by atoms with Gasteiger partial charge in [-0.15, -0.1) is 0 Å². The van der Waals surface area contributed by atoms with Crippen LogP contribution in [0.1, 0.15) is 24.1 Å². The number of aromatic nitrogens is 4. The SMILES string of the molecule is C=CC(=O)C1=CCCN(c2nc(OCc3ccccn3)nc3c(Oc4c(Cl)c(F)cc(N)c4C=N)nccc23)CC1. The van der Waals surface area contributed by atoms with Gasteiger partial charge in [0.1, 0.15) is 28.8 Å². The number of benzene rings is 1. The molecular formula is C29H25ClFN7O3. The van der Waals surface area contributed by atoms with Crippen LogP contribution < -0.4 is 20.1 Å². The maximum atomic E-state index is 14.5. The first-order valence-electron chi connectivity index (χ1n) is 12.7. The maximum Gasteiger partial charge on any atom is 0.319 e. The summed E-state index contributed by atoms with van der Waals surface area (Å²) in [4.78, 5) is 32.2. The fraction of sp³-hybridized carbons (Fsp3) is 0.172. The third-order valence-corrected chi connectivity index (χ3v) is 6.80. The summed E-state index contributed by atoms with van der Waals surface area (Å²) in [5.74, 6) is -0.550. The molecule has 0 amide bonds. The van der Waals surface area contributed by atoms with E-state index in [2.05, 4.69) is 21.5 Å². The topological polar surface area (TPSA) is 140 Å². The molecule has 208 valence electrons. The predicted octanol–water partition coefficient (Wildman–Crippen LogP) is 5.45. The highest BCUT2D eigenvalue weighted by atomic mass is 35.5. The monoisotopic (exact) mass is 573 g/mol. The fourth-order valence-electron chi connectivity index (χ4n) is 4.41. The number of pyridine rings is 2. The van der Waals surface area contributed by atoms with Gasteiger partial charge < -0.3 is 25.5 Å². The number of nitrogens with two attached hydrogens (primary N) is 1. The zero-order chi connectivity index (χ0) is 28.9. The van der Waals surface area contributed by atoms with E-state index in [1.165, 1.54) is 12.3 Å². The number of fused-ring (bicyclic) bond motifs is 1. The Kier molecular flexibility index (Phi) is 8.16. The van der Waals surface area contributed by atoms with Crippen LogP contribution in [-0.4, -0.2) is 45.0 Å². The number of carbonyl (C=O) groups is 1. The van der Waals surface area contributed by atoms with Crippen molar-refractivity contribution in [2.45, 2.75) is 19.4 Å². The molecule has 0 bridgehead atoms. The number of nitrogen functional groups attached to an aromatic ring is 1. The Hall–Kier alpha value is -4.90. The third kappa shape index (κ3) is 5.85. The highest BCUT2D eigenvalue weighted by molar-refractivity contribution is 6.33. The van der Waals surface area contributed by atoms with E-state index in [4.69, 9.17) is 37.2 Å². The van der Waals surface area contributed by atoms with Crippen molar-refractivity contribution in [3.05, 3.63) is 89.1 Å². The average Bonchev–Trinajstić information content (AvgIpc) is 3.25. The number of nitrogens with zero attached hydrogens (tertiary/aromatic N) is 5. The molecule has 0 saturated carbocycles. The molecule has 3 aromatic heterocycles. The third-order valence-electron chi connectivity index (χ3n) is 6.45. The number of halogens is 2. The van der Waals surface area contributed by atoms with Gasteiger partial charge in [0.05, 0.1) is 16.6 Å². The first kappa shape index (κ1) is 27.7. The molecule has 1 aliphatic rings. The minimum absolute atomic E-state index is 0.0145. The first-order chi connectivity index (χ1) is 19.9. The maximum absolute atomic E-state index is 14.5. The molecule has 5 rings (SSSR count). The smallest absolute Gasteiger partial charge is 0.319 e. The first-order valence-corrected chi connectivity index (χ1v) is 13.0. The minimum atomic E-state index is -0.804. The summed E-state index contributed by atoms with van der Waals surface area (Å²) in [7, 11) is 0. The van der Waals surface area contributed by atoms with Crippen molar-refractivity contribution >= 4 is 46.0 Å². The van der Waals surface area contributed by atoms with Crippen LogP contribution in [0.5, 0.6) is 17.6 Å². The Morgan fingerprint density at radius 1 is 1.22 bits per heavy atom. The van der Waals surface area contributed by atoms with Crippen LogP contribution in [0.25, 0.3) is 10.9 Å². The number of rotatable bonds is 9. The van der Waals surface area contributed by atoms with Gasteiger partial charge in [-0.25, -0.2) is 9.37 Å². The van der Waals surface area contributed by atoms with Crippen molar-refractivity contribution in [1.29, 1.82) is 5.41 Å². The number of anilines is 2. The average molecular weight is 574 g/mol. The second-order valence-electron chi connectivity index (χ2n) is 9.03. The summed E-state index contributed by atoms with van der Waals surface area (Å²) in [6.07, 6.45) is 8.42. The highest BCUT2D eigenvalue weighted by Crippen LogP contribution is 2.40. The predicted molar refractivity (Wildman–Crippen MR) is 154 cm³/mol. The van der Waals surface area contributed by atoms with Gasteiger partial charge in [-0.05, 0) is 48.8 Å². The Bertz CT molecular complexity index is 1680. The number of carbonyl (C=O) groups excluding carboxylic acids is 1. The van der Waals surface area contributed by atoms with Crippen molar-refractivity contribution in [3.63, 3.8) is 0 Å². The van der Waals surface area contributed by atoms with E-state index in [1.807, 2.05) is 23.1 Å². The summed E-state index contributed by atoms with van der Waals surface area (Å²) >= 11 is 6.22. The van der Waals surface area contributed by atoms with Crippen molar-refractivity contribution in [2.24, 2.45) is 0 Å². The normalized spacial score (nSPS) is 13.3. The van der Waals surface area contributed by atoms with Crippen LogP contribution in [0.4, 0.5) is 15.9 Å². The van der Waals surface area contributed by atoms with Gasteiger partial charge in [-0.2, -0.15) is 9.97 Å². The van der Waals surface area contributed by atoms with Gasteiger partial charge >= 0.3 is 6.01 Å². The molecule has 0 unspecified atom stereocenters. The van der Waals surface area contributed by atoms with E-state index in [1.54, 1.807) is 18.3 Å². The molecule has 0 fully saturated rings. The number of nitrogens with one attached hydrogen (secondary N) is 1. The Labute approximate surface area is 239 Å².